The van der Waals surface area contributed by atoms with E-state index in [1.165, 1.54) is 7.11 Å². The Morgan fingerprint density at radius 1 is 1.47 bits per heavy atom. The number of hydrogen-bond acceptors (Lipinski definition) is 7. The molecule has 1 aromatic carbocycles. The molecule has 1 aromatic rings. The number of nitro groups is 1. The normalized spacial score (nSPS) is 13.6. The molecule has 0 aromatic heterocycles. The largest absolute Gasteiger partial charge is 0.496 e. The van der Waals surface area contributed by atoms with E-state index in [0.717, 1.165) is 12.1 Å². The number of carboxylic acid groups (broad SMARTS) is 1. The van der Waals surface area contributed by atoms with E-state index in [4.69, 9.17) is 15.6 Å². The van der Waals surface area contributed by atoms with Crippen LogP contribution in [0.15, 0.2) is 12.1 Å². The van der Waals surface area contributed by atoms with E-state index in [0.29, 0.717) is 0 Å². The van der Waals surface area contributed by atoms with Gasteiger partial charge in [0.2, 0.25) is 0 Å². The molecule has 0 aliphatic heterocycles. The summed E-state index contributed by atoms with van der Waals surface area (Å²) in [6.45, 7) is 0. The van der Waals surface area contributed by atoms with Crippen LogP contribution in [-0.2, 0) is 4.79 Å². The molecule has 0 bridgehead atoms. The fourth-order valence-electron chi connectivity index (χ4n) is 1.45. The second-order valence-electron chi connectivity index (χ2n) is 3.63. The van der Waals surface area contributed by atoms with E-state index < -0.39 is 34.5 Å². The number of nitrogen functional groups attached to an aromatic ring is 1. The third-order valence-corrected chi connectivity index (χ3v) is 2.47. The summed E-state index contributed by atoms with van der Waals surface area (Å²) < 4.78 is 4.79. The Morgan fingerprint density at radius 2 is 2.05 bits per heavy atom. The van der Waals surface area contributed by atoms with Gasteiger partial charge >= 0.3 is 5.97 Å². The Morgan fingerprint density at radius 3 is 2.47 bits per heavy atom. The van der Waals surface area contributed by atoms with Crippen molar-refractivity contribution in [2.45, 2.75) is 12.2 Å². The minimum absolute atomic E-state index is 0.00698. The van der Waals surface area contributed by atoms with Gasteiger partial charge in [-0.3, -0.25) is 10.1 Å². The molecular weight excluding hydrogens is 260 g/mol. The molecule has 9 nitrogen and oxygen atoms in total. The molecule has 104 valence electrons. The van der Waals surface area contributed by atoms with Crippen LogP contribution >= 0.6 is 0 Å². The lowest BCUT2D eigenvalue weighted by Crippen LogP contribution is -2.28. The molecule has 0 radical (unpaired) electrons. The third-order valence-electron chi connectivity index (χ3n) is 2.47. The van der Waals surface area contributed by atoms with Gasteiger partial charge in [-0.15, -0.1) is 0 Å². The zero-order valence-corrected chi connectivity index (χ0v) is 9.81. The molecule has 2 atom stereocenters. The molecule has 1 rings (SSSR count). The Labute approximate surface area is 107 Å². The highest BCUT2D eigenvalue weighted by atomic mass is 16.6. The predicted octanol–water partition coefficient (Wildman–Crippen LogP) is -0.336. The lowest BCUT2D eigenvalue weighted by atomic mass is 10.0. The molecule has 0 fully saturated rings. The van der Waals surface area contributed by atoms with Crippen LogP contribution in [0.25, 0.3) is 0 Å². The van der Waals surface area contributed by atoms with Crippen LogP contribution < -0.4 is 10.5 Å². The van der Waals surface area contributed by atoms with Crippen LogP contribution in [0.4, 0.5) is 11.4 Å². The summed E-state index contributed by atoms with van der Waals surface area (Å²) in [5.41, 5.74) is 4.21. The number of ether oxygens (including phenoxy) is 1. The maximum absolute atomic E-state index is 10.8. The first kappa shape index (κ1) is 14.7. The molecule has 5 N–H and O–H groups in total. The van der Waals surface area contributed by atoms with Gasteiger partial charge in [-0.2, -0.15) is 0 Å². The SMILES string of the molecule is COc1cc(C(O)C(O)C(=O)O)c(N)c([N+](=O)[O-])c1. The summed E-state index contributed by atoms with van der Waals surface area (Å²) in [6.07, 6.45) is -4.07. The van der Waals surface area contributed by atoms with E-state index in [2.05, 4.69) is 0 Å². The monoisotopic (exact) mass is 272 g/mol. The van der Waals surface area contributed by atoms with Gasteiger partial charge in [0, 0.05) is 5.56 Å². The van der Waals surface area contributed by atoms with Crippen molar-refractivity contribution < 1.29 is 29.8 Å². The van der Waals surface area contributed by atoms with Gasteiger partial charge in [-0.1, -0.05) is 0 Å². The zero-order chi connectivity index (χ0) is 14.7. The van der Waals surface area contributed by atoms with Crippen molar-refractivity contribution >= 4 is 17.3 Å². The number of carboxylic acids is 1. The second-order valence-corrected chi connectivity index (χ2v) is 3.63. The standard InChI is InChI=1S/C10H12N2O7/c1-19-4-2-5(8(13)9(14)10(15)16)7(11)6(3-4)12(17)18/h2-3,8-9,13-14H,11H2,1H3,(H,15,16). The van der Waals surface area contributed by atoms with Crippen LogP contribution in [0.2, 0.25) is 0 Å². The van der Waals surface area contributed by atoms with E-state index >= 15 is 0 Å². The molecule has 2 unspecified atom stereocenters. The zero-order valence-electron chi connectivity index (χ0n) is 9.81. The Balaban J connectivity index is 3.37. The van der Waals surface area contributed by atoms with Crippen LogP contribution in [-0.4, -0.2) is 39.4 Å². The molecule has 19 heavy (non-hydrogen) atoms. The lowest BCUT2D eigenvalue weighted by molar-refractivity contribution is -0.384. The van der Waals surface area contributed by atoms with E-state index in [9.17, 15) is 25.1 Å². The molecule has 0 aliphatic carbocycles. The van der Waals surface area contributed by atoms with Gasteiger partial charge in [-0.05, 0) is 6.07 Å². The highest BCUT2D eigenvalue weighted by Gasteiger charge is 2.30. The fourth-order valence-corrected chi connectivity index (χ4v) is 1.45. The summed E-state index contributed by atoms with van der Waals surface area (Å²) in [6, 6.07) is 2.15. The first-order valence-corrected chi connectivity index (χ1v) is 5.00. The second kappa shape index (κ2) is 5.50. The highest BCUT2D eigenvalue weighted by Crippen LogP contribution is 2.35. The van der Waals surface area contributed by atoms with Crippen molar-refractivity contribution in [1.29, 1.82) is 0 Å². The average Bonchev–Trinajstić information content (AvgIpc) is 2.36. The highest BCUT2D eigenvalue weighted by molar-refractivity contribution is 5.75. The molecule has 0 saturated carbocycles. The molecule has 0 heterocycles. The van der Waals surface area contributed by atoms with Crippen molar-refractivity contribution in [3.63, 3.8) is 0 Å². The van der Waals surface area contributed by atoms with Gasteiger partial charge in [-0.25, -0.2) is 4.79 Å². The minimum atomic E-state index is -2.16. The minimum Gasteiger partial charge on any atom is -0.496 e. The first-order chi connectivity index (χ1) is 8.79. The molecule has 0 amide bonds. The van der Waals surface area contributed by atoms with Gasteiger partial charge < -0.3 is 25.8 Å². The van der Waals surface area contributed by atoms with Gasteiger partial charge in [0.25, 0.3) is 5.69 Å². The van der Waals surface area contributed by atoms with E-state index in [1.54, 1.807) is 0 Å². The van der Waals surface area contributed by atoms with Gasteiger partial charge in [0.05, 0.1) is 18.1 Å². The summed E-state index contributed by atoms with van der Waals surface area (Å²) in [4.78, 5) is 20.6. The van der Waals surface area contributed by atoms with Crippen LogP contribution in [0.1, 0.15) is 11.7 Å². The van der Waals surface area contributed by atoms with Gasteiger partial charge in [0.1, 0.15) is 17.5 Å². The molecule has 9 heteroatoms. The summed E-state index contributed by atoms with van der Waals surface area (Å²) in [5.74, 6) is -1.68. The maximum Gasteiger partial charge on any atom is 0.335 e. The summed E-state index contributed by atoms with van der Waals surface area (Å²) >= 11 is 0. The number of hydrogen-bond donors (Lipinski definition) is 4. The van der Waals surface area contributed by atoms with E-state index in [-0.39, 0.29) is 11.3 Å². The molecular formula is C10H12N2O7. The number of benzene rings is 1. The summed E-state index contributed by atoms with van der Waals surface area (Å²) in [7, 11) is 1.24. The quantitative estimate of drug-likeness (QED) is 0.322. The van der Waals surface area contributed by atoms with Crippen molar-refractivity contribution in [1.82, 2.24) is 0 Å². The Kier molecular flexibility index (Phi) is 4.25. The maximum atomic E-state index is 10.8. The summed E-state index contributed by atoms with van der Waals surface area (Å²) in [5, 5.41) is 38.3. The van der Waals surface area contributed by atoms with Crippen LogP contribution in [0.5, 0.6) is 5.75 Å². The fraction of sp³-hybridized carbons (Fsp3) is 0.300. The number of carbonyl (C=O) groups is 1. The molecule has 0 saturated heterocycles. The van der Waals surface area contributed by atoms with Crippen LogP contribution in [0.3, 0.4) is 0 Å². The number of nitrogens with two attached hydrogens (primary N) is 1. The van der Waals surface area contributed by atoms with Crippen LogP contribution in [0, 0.1) is 10.1 Å². The molecule has 0 spiro atoms. The van der Waals surface area contributed by atoms with E-state index in [1.807, 2.05) is 0 Å². The lowest BCUT2D eigenvalue weighted by Gasteiger charge is -2.17. The Bertz CT molecular complexity index is 517. The number of rotatable bonds is 5. The predicted molar refractivity (Wildman–Crippen MR) is 62.7 cm³/mol. The van der Waals surface area contributed by atoms with Crippen molar-refractivity contribution in [3.05, 3.63) is 27.8 Å². The number of methoxy groups -OCH3 is 1. The van der Waals surface area contributed by atoms with Crippen molar-refractivity contribution in [2.24, 2.45) is 0 Å². The topological polar surface area (TPSA) is 156 Å². The number of anilines is 1. The number of aliphatic hydroxyl groups is 2. The van der Waals surface area contributed by atoms with Crippen molar-refractivity contribution in [2.75, 3.05) is 12.8 Å². The number of aliphatic hydroxyl groups excluding tert-OH is 2. The number of nitro benzene ring substituents is 1. The third kappa shape index (κ3) is 2.89. The Hall–Kier alpha value is -2.39. The van der Waals surface area contributed by atoms with Crippen molar-refractivity contribution in [3.8, 4) is 5.75 Å². The number of aliphatic carboxylic acids is 1. The smallest absolute Gasteiger partial charge is 0.335 e. The average molecular weight is 272 g/mol. The van der Waals surface area contributed by atoms with Gasteiger partial charge in [0.15, 0.2) is 6.10 Å². The number of nitrogens with zero attached hydrogens (tertiary/aromatic N) is 1. The molecule has 0 aliphatic rings. The first-order valence-electron chi connectivity index (χ1n) is 5.00.